The number of aliphatic hydroxyl groups is 1. The normalized spacial score (nSPS) is 15.5. The molecule has 0 rings (SSSR count). The van der Waals surface area contributed by atoms with Gasteiger partial charge in [-0.15, -0.1) is 0 Å². The zero-order valence-corrected chi connectivity index (χ0v) is 20.5. The number of rotatable bonds is 14. The highest BCUT2D eigenvalue weighted by Gasteiger charge is 2.28. The van der Waals surface area contributed by atoms with Gasteiger partial charge in [-0.05, 0) is 59.8 Å². The van der Waals surface area contributed by atoms with Crippen molar-refractivity contribution in [3.63, 3.8) is 0 Å². The van der Waals surface area contributed by atoms with Crippen LogP contribution in [0.5, 0.6) is 0 Å². The summed E-state index contributed by atoms with van der Waals surface area (Å²) in [6.45, 7) is 19.8. The number of nitrogens with one attached hydrogen (secondary N) is 1. The third-order valence-corrected chi connectivity index (χ3v) is 5.42. The fraction of sp³-hybridized carbons (Fsp3) is 0.955. The van der Waals surface area contributed by atoms with E-state index in [0.717, 1.165) is 25.1 Å². The van der Waals surface area contributed by atoms with Crippen LogP contribution in [0.15, 0.2) is 0 Å². The van der Waals surface area contributed by atoms with E-state index in [1.54, 1.807) is 11.8 Å². The molecule has 0 amide bonds. The van der Waals surface area contributed by atoms with Crippen molar-refractivity contribution < 1.29 is 19.4 Å². The second-order valence-electron chi connectivity index (χ2n) is 10.0. The van der Waals surface area contributed by atoms with E-state index in [4.69, 9.17) is 9.47 Å². The number of hydrogen-bond donors (Lipinski definition) is 2. The zero-order chi connectivity index (χ0) is 22.0. The van der Waals surface area contributed by atoms with Crippen LogP contribution in [0.1, 0.15) is 75.2 Å². The predicted molar refractivity (Wildman–Crippen MR) is 120 cm³/mol. The highest BCUT2D eigenvalue weighted by atomic mass is 32.2. The maximum absolute atomic E-state index is 12.5. The molecule has 5 nitrogen and oxygen atoms in total. The molecule has 2 atom stereocenters. The summed E-state index contributed by atoms with van der Waals surface area (Å²) in [4.78, 5) is 12.5. The molecule has 0 heterocycles. The molecule has 0 aromatic heterocycles. The molecule has 0 aliphatic rings. The predicted octanol–water partition coefficient (Wildman–Crippen LogP) is 4.06. The van der Waals surface area contributed by atoms with Crippen LogP contribution in [0.25, 0.3) is 0 Å². The lowest BCUT2D eigenvalue weighted by molar-refractivity contribution is -0.128. The molecular weight excluding hydrogens is 374 g/mol. The van der Waals surface area contributed by atoms with Crippen molar-refractivity contribution >= 4 is 17.5 Å². The quantitative estimate of drug-likeness (QED) is 0.414. The first-order valence-corrected chi connectivity index (χ1v) is 11.6. The summed E-state index contributed by atoms with van der Waals surface area (Å²) in [7, 11) is 0. The number of carbonyl (C=O) groups excluding carboxylic acids is 1. The van der Waals surface area contributed by atoms with Crippen molar-refractivity contribution in [1.29, 1.82) is 0 Å². The van der Waals surface area contributed by atoms with Crippen LogP contribution in [0.2, 0.25) is 0 Å². The molecule has 0 aliphatic heterocycles. The Balaban J connectivity index is 4.14. The summed E-state index contributed by atoms with van der Waals surface area (Å²) in [5.41, 5.74) is -0.815. The van der Waals surface area contributed by atoms with E-state index >= 15 is 0 Å². The number of thioether (sulfide) groups is 1. The topological polar surface area (TPSA) is 67.8 Å². The molecule has 0 spiro atoms. The Morgan fingerprint density at radius 1 is 1.07 bits per heavy atom. The maximum atomic E-state index is 12.5. The molecule has 28 heavy (non-hydrogen) atoms. The first kappa shape index (κ1) is 27.9. The number of carbonyl (C=O) groups is 1. The standard InChI is InChI=1S/C22H45NO4S/c1-10-23-18(19(25)20(2,3)4)11-14-28-16-17(24)15-27-22(8,9)12-13-26-21(5,6)7/h17-18,23-24H,10-16H2,1-9H3/t17?,18-/m0/s1. The fourth-order valence-electron chi connectivity index (χ4n) is 2.56. The molecule has 6 heteroatoms. The lowest BCUT2D eigenvalue weighted by atomic mass is 9.85. The van der Waals surface area contributed by atoms with E-state index in [-0.39, 0.29) is 28.4 Å². The summed E-state index contributed by atoms with van der Waals surface area (Å²) >= 11 is 1.67. The van der Waals surface area contributed by atoms with Crippen LogP contribution < -0.4 is 5.32 Å². The molecule has 0 aromatic rings. The molecule has 0 fully saturated rings. The van der Waals surface area contributed by atoms with Crippen molar-refractivity contribution in [3.8, 4) is 0 Å². The summed E-state index contributed by atoms with van der Waals surface area (Å²) in [5, 5.41) is 13.5. The number of Topliss-reactive ketones (excluding diaryl/α,β-unsaturated/α-hetero) is 1. The minimum atomic E-state index is -0.510. The van der Waals surface area contributed by atoms with Crippen molar-refractivity contribution in [3.05, 3.63) is 0 Å². The van der Waals surface area contributed by atoms with Crippen molar-refractivity contribution in [2.45, 2.75) is 98.5 Å². The van der Waals surface area contributed by atoms with Crippen LogP contribution >= 0.6 is 11.8 Å². The maximum Gasteiger partial charge on any atom is 0.155 e. The number of aliphatic hydroxyl groups excluding tert-OH is 1. The van der Waals surface area contributed by atoms with E-state index in [1.165, 1.54) is 0 Å². The monoisotopic (exact) mass is 419 g/mol. The average molecular weight is 420 g/mol. The van der Waals surface area contributed by atoms with E-state index in [2.05, 4.69) is 5.32 Å². The zero-order valence-electron chi connectivity index (χ0n) is 19.7. The van der Waals surface area contributed by atoms with Crippen molar-refractivity contribution in [2.24, 2.45) is 5.41 Å². The molecule has 1 unspecified atom stereocenters. The van der Waals surface area contributed by atoms with Gasteiger partial charge in [0.1, 0.15) is 0 Å². The van der Waals surface area contributed by atoms with Gasteiger partial charge in [-0.2, -0.15) is 11.8 Å². The molecule has 168 valence electrons. The van der Waals surface area contributed by atoms with E-state index in [0.29, 0.717) is 19.0 Å². The number of ether oxygens (including phenoxy) is 2. The molecular formula is C22H45NO4S. The van der Waals surface area contributed by atoms with Gasteiger partial charge in [-0.1, -0.05) is 27.7 Å². The summed E-state index contributed by atoms with van der Waals surface area (Å²) < 4.78 is 11.7. The third-order valence-electron chi connectivity index (χ3n) is 4.27. The van der Waals surface area contributed by atoms with Crippen LogP contribution in [0.3, 0.4) is 0 Å². The van der Waals surface area contributed by atoms with Gasteiger partial charge in [0.2, 0.25) is 0 Å². The minimum Gasteiger partial charge on any atom is -0.390 e. The van der Waals surface area contributed by atoms with Crippen LogP contribution in [0.4, 0.5) is 0 Å². The second-order valence-corrected chi connectivity index (χ2v) is 11.2. The Bertz CT molecular complexity index is 441. The molecule has 0 saturated carbocycles. The van der Waals surface area contributed by atoms with E-state index < -0.39 is 6.10 Å². The Morgan fingerprint density at radius 3 is 2.18 bits per heavy atom. The van der Waals surface area contributed by atoms with Gasteiger partial charge in [0, 0.05) is 17.8 Å². The molecule has 0 saturated heterocycles. The van der Waals surface area contributed by atoms with Gasteiger partial charge in [0.25, 0.3) is 0 Å². The lowest BCUT2D eigenvalue weighted by Gasteiger charge is -2.29. The molecule has 2 N–H and O–H groups in total. The third kappa shape index (κ3) is 13.9. The fourth-order valence-corrected chi connectivity index (χ4v) is 3.50. The first-order valence-electron chi connectivity index (χ1n) is 10.5. The smallest absolute Gasteiger partial charge is 0.155 e. The molecule has 0 aromatic carbocycles. The molecule has 0 radical (unpaired) electrons. The minimum absolute atomic E-state index is 0.118. The van der Waals surface area contributed by atoms with Gasteiger partial charge < -0.3 is 19.9 Å². The summed E-state index contributed by atoms with van der Waals surface area (Å²) in [5.74, 6) is 1.69. The second kappa shape index (κ2) is 12.5. The first-order chi connectivity index (χ1) is 12.7. The summed E-state index contributed by atoms with van der Waals surface area (Å²) in [6.07, 6.45) is 1.05. The molecule has 0 bridgehead atoms. The lowest BCUT2D eigenvalue weighted by Crippen LogP contribution is -2.43. The average Bonchev–Trinajstić information content (AvgIpc) is 2.53. The van der Waals surface area contributed by atoms with Crippen LogP contribution in [-0.2, 0) is 14.3 Å². The summed E-state index contributed by atoms with van der Waals surface area (Å²) in [6, 6.07) is -0.118. The largest absolute Gasteiger partial charge is 0.390 e. The molecule has 0 aliphatic carbocycles. The van der Waals surface area contributed by atoms with Crippen LogP contribution in [-0.4, -0.2) is 65.5 Å². The van der Waals surface area contributed by atoms with Crippen molar-refractivity contribution in [1.82, 2.24) is 5.32 Å². The van der Waals surface area contributed by atoms with Crippen molar-refractivity contribution in [2.75, 3.05) is 31.3 Å². The Morgan fingerprint density at radius 2 is 1.68 bits per heavy atom. The van der Waals surface area contributed by atoms with Crippen LogP contribution in [0, 0.1) is 5.41 Å². The number of hydrogen-bond acceptors (Lipinski definition) is 6. The number of likely N-dealkylation sites (N-methyl/N-ethyl adjacent to an activating group) is 1. The Kier molecular flexibility index (Phi) is 12.5. The van der Waals surface area contributed by atoms with E-state index in [1.807, 2.05) is 62.3 Å². The number of ketones is 1. The SMILES string of the molecule is CCN[C@@H](CCSCC(O)COC(C)(C)CCOC(C)(C)C)C(=O)C(C)(C)C. The Labute approximate surface area is 177 Å². The van der Waals surface area contributed by atoms with Gasteiger partial charge in [0.05, 0.1) is 30.0 Å². The van der Waals surface area contributed by atoms with Gasteiger partial charge in [0.15, 0.2) is 5.78 Å². The van der Waals surface area contributed by atoms with E-state index in [9.17, 15) is 9.90 Å². The highest BCUT2D eigenvalue weighted by molar-refractivity contribution is 7.99. The Hall–Kier alpha value is -0.140. The highest BCUT2D eigenvalue weighted by Crippen LogP contribution is 2.20. The van der Waals surface area contributed by atoms with Gasteiger partial charge in [-0.3, -0.25) is 4.79 Å². The van der Waals surface area contributed by atoms with Gasteiger partial charge in [-0.25, -0.2) is 0 Å². The van der Waals surface area contributed by atoms with Gasteiger partial charge >= 0.3 is 0 Å².